The molecule has 5 rings (SSSR count). The minimum Gasteiger partial charge on any atom is -0.508 e. The van der Waals surface area contributed by atoms with Gasteiger partial charge in [-0.05, 0) is 103 Å². The van der Waals surface area contributed by atoms with Crippen LogP contribution in [0, 0.1) is 6.92 Å². The number of aryl methyl sites for hydroxylation is 1. The van der Waals surface area contributed by atoms with Crippen LogP contribution < -0.4 is 9.80 Å². The molecular weight excluding hydrogens is 588 g/mol. The van der Waals surface area contributed by atoms with Gasteiger partial charge in [-0.15, -0.1) is 0 Å². The van der Waals surface area contributed by atoms with Gasteiger partial charge in [-0.3, -0.25) is 0 Å². The highest BCUT2D eigenvalue weighted by atomic mass is 16.3. The van der Waals surface area contributed by atoms with Crippen molar-refractivity contribution in [1.29, 1.82) is 0 Å². The van der Waals surface area contributed by atoms with E-state index < -0.39 is 0 Å². The summed E-state index contributed by atoms with van der Waals surface area (Å²) in [6.45, 7) is 16.7. The molecule has 0 aliphatic heterocycles. The van der Waals surface area contributed by atoms with E-state index in [4.69, 9.17) is 0 Å². The Hall–Kier alpha value is -5.32. The molecule has 0 fully saturated rings. The van der Waals surface area contributed by atoms with Gasteiger partial charge in [-0.1, -0.05) is 120 Å². The molecule has 250 valence electrons. The molecule has 4 nitrogen and oxygen atoms in total. The molecule has 0 unspecified atom stereocenters. The predicted molar refractivity (Wildman–Crippen MR) is 210 cm³/mol. The number of hydrogen-bond acceptors (Lipinski definition) is 3. The summed E-state index contributed by atoms with van der Waals surface area (Å²) >= 11 is 0. The van der Waals surface area contributed by atoms with E-state index in [9.17, 15) is 5.11 Å². The lowest BCUT2D eigenvalue weighted by atomic mass is 10.0. The Bertz CT molecular complexity index is 1700. The zero-order valence-electron chi connectivity index (χ0n) is 29.4. The second-order valence-corrected chi connectivity index (χ2v) is 11.2. The van der Waals surface area contributed by atoms with Crippen LogP contribution in [0.4, 0.5) is 28.4 Å². The fraction of sp³-hybridized carbons (Fsp3) is 0.182. The monoisotopic (exact) mass is 640 g/mol. The van der Waals surface area contributed by atoms with Gasteiger partial charge in [0.2, 0.25) is 0 Å². The van der Waals surface area contributed by atoms with Crippen molar-refractivity contribution >= 4 is 28.4 Å². The summed E-state index contributed by atoms with van der Waals surface area (Å²) in [5.74, 6) is 0.236. The third-order valence-corrected chi connectivity index (χ3v) is 6.87. The molecular formula is C44H52N2O2. The number of rotatable bonds is 9. The number of para-hydroxylation sites is 1. The Kier molecular flexibility index (Phi) is 16.8. The van der Waals surface area contributed by atoms with Crippen LogP contribution in [0.25, 0.3) is 11.1 Å². The number of allylic oxidation sites excluding steroid dienone is 4. The predicted octanol–water partition coefficient (Wildman–Crippen LogP) is 12.6. The number of benzene rings is 5. The maximum absolute atomic E-state index is 10.1. The molecule has 0 heterocycles. The summed E-state index contributed by atoms with van der Waals surface area (Å²) in [7, 11) is 0. The first-order valence-electron chi connectivity index (χ1n) is 16.6. The lowest BCUT2D eigenvalue weighted by Gasteiger charge is -2.27. The minimum absolute atomic E-state index is 0. The molecule has 0 aliphatic rings. The number of aromatic hydroxyl groups is 1. The minimum atomic E-state index is 0. The molecule has 0 aromatic heterocycles. The lowest BCUT2D eigenvalue weighted by molar-refractivity contribution is 0.475. The van der Waals surface area contributed by atoms with Crippen LogP contribution in [-0.4, -0.2) is 10.6 Å². The number of nitrogens with zero attached hydrogens (tertiary/aromatic N) is 2. The second-order valence-electron chi connectivity index (χ2n) is 11.2. The normalized spacial score (nSPS) is 10.5. The van der Waals surface area contributed by atoms with Gasteiger partial charge in [0.05, 0.1) is 0 Å². The number of hydrogen-bond donors (Lipinski definition) is 1. The summed E-state index contributed by atoms with van der Waals surface area (Å²) in [4.78, 5) is 4.36. The molecule has 3 N–H and O–H groups in total. The summed E-state index contributed by atoms with van der Waals surface area (Å²) in [5, 5.41) is 10.1. The first-order valence-corrected chi connectivity index (χ1v) is 16.6. The van der Waals surface area contributed by atoms with Gasteiger partial charge in [-0.25, -0.2) is 0 Å². The second kappa shape index (κ2) is 20.7. The molecule has 0 amide bonds. The van der Waals surface area contributed by atoms with E-state index >= 15 is 0 Å². The summed E-state index contributed by atoms with van der Waals surface area (Å²) in [6.07, 6.45) is 10.5. The molecule has 48 heavy (non-hydrogen) atoms. The maximum atomic E-state index is 10.1. The van der Waals surface area contributed by atoms with Crippen molar-refractivity contribution in [2.24, 2.45) is 0 Å². The molecule has 5 aromatic carbocycles. The summed E-state index contributed by atoms with van der Waals surface area (Å²) in [6, 6.07) is 43.2. The average Bonchev–Trinajstić information content (AvgIpc) is 3.08. The molecule has 0 spiro atoms. The fourth-order valence-corrected chi connectivity index (χ4v) is 4.91. The first-order chi connectivity index (χ1) is 22.9. The van der Waals surface area contributed by atoms with Crippen molar-refractivity contribution in [1.82, 2.24) is 0 Å². The van der Waals surface area contributed by atoms with Gasteiger partial charge in [0.1, 0.15) is 5.75 Å². The first kappa shape index (κ1) is 38.9. The van der Waals surface area contributed by atoms with E-state index in [1.165, 1.54) is 18.4 Å². The maximum Gasteiger partial charge on any atom is 0.117 e. The number of anilines is 5. The van der Waals surface area contributed by atoms with Crippen LogP contribution >= 0.6 is 0 Å². The highest BCUT2D eigenvalue weighted by molar-refractivity contribution is 5.79. The third-order valence-electron chi connectivity index (χ3n) is 6.87. The van der Waals surface area contributed by atoms with E-state index in [0.717, 1.165) is 45.3 Å². The average molecular weight is 641 g/mol. The van der Waals surface area contributed by atoms with Crippen molar-refractivity contribution in [3.63, 3.8) is 0 Å². The molecule has 0 atom stereocenters. The summed E-state index contributed by atoms with van der Waals surface area (Å²) in [5.41, 5.74) is 9.54. The largest absolute Gasteiger partial charge is 0.508 e. The van der Waals surface area contributed by atoms with Gasteiger partial charge < -0.3 is 20.4 Å². The van der Waals surface area contributed by atoms with Gasteiger partial charge in [0, 0.05) is 40.2 Å². The Morgan fingerprint density at radius 1 is 0.625 bits per heavy atom. The smallest absolute Gasteiger partial charge is 0.117 e. The van der Waals surface area contributed by atoms with E-state index in [0.29, 0.717) is 0 Å². The zero-order chi connectivity index (χ0) is 34.0. The topological polar surface area (TPSA) is 58.2 Å². The Morgan fingerprint density at radius 2 is 1.12 bits per heavy atom. The Balaban J connectivity index is 0.00000106. The van der Waals surface area contributed by atoms with E-state index in [2.05, 4.69) is 142 Å². The van der Waals surface area contributed by atoms with Crippen molar-refractivity contribution < 1.29 is 10.6 Å². The van der Waals surface area contributed by atoms with Crippen LogP contribution in [0.5, 0.6) is 5.75 Å². The highest BCUT2D eigenvalue weighted by Gasteiger charge is 2.15. The quantitative estimate of drug-likeness (QED) is 0.163. The van der Waals surface area contributed by atoms with E-state index in [1.807, 2.05) is 55.5 Å². The van der Waals surface area contributed by atoms with Crippen LogP contribution in [0.1, 0.15) is 53.0 Å². The summed E-state index contributed by atoms with van der Waals surface area (Å²) < 4.78 is 0. The van der Waals surface area contributed by atoms with Crippen LogP contribution in [0.3, 0.4) is 0 Å². The Morgan fingerprint density at radius 3 is 1.65 bits per heavy atom. The van der Waals surface area contributed by atoms with E-state index in [-0.39, 0.29) is 11.2 Å². The van der Waals surface area contributed by atoms with Crippen molar-refractivity contribution in [3.05, 3.63) is 170 Å². The van der Waals surface area contributed by atoms with Gasteiger partial charge in [0.25, 0.3) is 0 Å². The van der Waals surface area contributed by atoms with Crippen molar-refractivity contribution in [3.8, 4) is 16.9 Å². The Labute approximate surface area is 289 Å². The van der Waals surface area contributed by atoms with Crippen molar-refractivity contribution in [2.75, 3.05) is 9.80 Å². The molecule has 0 bridgehead atoms. The molecule has 0 aliphatic carbocycles. The number of phenols is 1. The van der Waals surface area contributed by atoms with Gasteiger partial charge in [0.15, 0.2) is 0 Å². The van der Waals surface area contributed by atoms with Crippen molar-refractivity contribution in [2.45, 2.75) is 54.4 Å². The molecule has 4 heteroatoms. The van der Waals surface area contributed by atoms with Gasteiger partial charge >= 0.3 is 0 Å². The lowest BCUT2D eigenvalue weighted by Crippen LogP contribution is -2.15. The SMILES string of the molecule is C=C/C(=C\C=C/C)N(c1ccc(-c2ccc(N(c3ccccc3)c3cccc(O)c3)cc2)cc1)c1cccc(C)c1.CCC.CCC.O. The zero-order valence-corrected chi connectivity index (χ0v) is 29.4. The molecule has 5 aromatic rings. The van der Waals surface area contributed by atoms with Crippen LogP contribution in [0.2, 0.25) is 0 Å². The highest BCUT2D eigenvalue weighted by Crippen LogP contribution is 2.37. The van der Waals surface area contributed by atoms with Gasteiger partial charge in [-0.2, -0.15) is 0 Å². The fourth-order valence-electron chi connectivity index (χ4n) is 4.91. The third kappa shape index (κ3) is 10.9. The molecule has 0 saturated carbocycles. The van der Waals surface area contributed by atoms with Crippen LogP contribution in [0.15, 0.2) is 164 Å². The standard InChI is InChI=1S/C38H34N2O.2C3H8.H2O/c1-4-6-13-32(5-2)39(36-16-10-12-29(3)27-36)34-23-19-30(20-24-34)31-21-25-35(26-22-31)40(33-14-8-7-9-15-33)37-17-11-18-38(41)28-37;2*1-3-2;/h4-28,41H,2H2,1,3H3;2*3H2,1-2H3;1H2/b6-4-,32-13+;;;. The van der Waals surface area contributed by atoms with Crippen LogP contribution in [-0.2, 0) is 0 Å². The molecule has 0 saturated heterocycles. The van der Waals surface area contributed by atoms with E-state index in [1.54, 1.807) is 12.1 Å². The molecule has 0 radical (unpaired) electrons. The number of phenolic OH excluding ortho intramolecular Hbond substituents is 1.